The topological polar surface area (TPSA) is 53.4 Å². The summed E-state index contributed by atoms with van der Waals surface area (Å²) in [6.07, 6.45) is 10.1. The molecule has 4 atom stereocenters. The van der Waals surface area contributed by atoms with Gasteiger partial charge in [0.25, 0.3) is 0 Å². The maximum atomic E-state index is 11.1. The zero-order valence-corrected chi connectivity index (χ0v) is 27.2. The Hall–Kier alpha value is -1.58. The van der Waals surface area contributed by atoms with E-state index in [9.17, 15) is 10.2 Å². The summed E-state index contributed by atoms with van der Waals surface area (Å²) in [5.41, 5.74) is 4.55. The molecule has 2 aliphatic carbocycles. The number of fused-ring (bicyclic) bond motifs is 2. The SMILES string of the molecule is CCC1(CC)CCCC2CC(CC)(CC)C(O)C2C1O.Cc1[c-]c(-c2cc3ccccc3cn2)cc(C)c1.[Ir]. The van der Waals surface area contributed by atoms with E-state index in [4.69, 9.17) is 0 Å². The first-order valence-corrected chi connectivity index (χ1v) is 14.9. The van der Waals surface area contributed by atoms with Crippen molar-refractivity contribution < 1.29 is 30.3 Å². The summed E-state index contributed by atoms with van der Waals surface area (Å²) in [5, 5.41) is 24.5. The molecule has 3 nitrogen and oxygen atoms in total. The third-order valence-corrected chi connectivity index (χ3v) is 10.3. The van der Waals surface area contributed by atoms with Crippen LogP contribution in [-0.4, -0.2) is 27.4 Å². The molecule has 0 amide bonds. The smallest absolute Gasteiger partial charge is 0.0651 e. The van der Waals surface area contributed by atoms with E-state index in [2.05, 4.69) is 89.0 Å². The van der Waals surface area contributed by atoms with E-state index >= 15 is 0 Å². The van der Waals surface area contributed by atoms with E-state index < -0.39 is 0 Å². The van der Waals surface area contributed by atoms with Gasteiger partial charge in [0.2, 0.25) is 0 Å². The minimum Gasteiger partial charge on any atom is -0.392 e. The Bertz CT molecular complexity index is 1200. The summed E-state index contributed by atoms with van der Waals surface area (Å²) in [6, 6.07) is 18.0. The number of rotatable bonds is 5. The maximum absolute atomic E-state index is 11.1. The van der Waals surface area contributed by atoms with Gasteiger partial charge < -0.3 is 15.2 Å². The van der Waals surface area contributed by atoms with Crippen molar-refractivity contribution in [3.63, 3.8) is 0 Å². The van der Waals surface area contributed by atoms with E-state index in [1.54, 1.807) is 0 Å². The van der Waals surface area contributed by atoms with Crippen LogP contribution in [0.4, 0.5) is 0 Å². The van der Waals surface area contributed by atoms with E-state index in [0.29, 0.717) is 5.92 Å². The van der Waals surface area contributed by atoms with Gasteiger partial charge >= 0.3 is 0 Å². The molecular formula is C35H48IrNO2-. The summed E-state index contributed by atoms with van der Waals surface area (Å²) in [6.45, 7) is 13.0. The molecule has 2 aliphatic rings. The molecule has 4 heteroatoms. The standard InChI is InChI=1S/C18H34O2.C17H14N.Ir/c1-5-17(6-2)11-9-10-13-12-18(7-3,8-4)16(20)14(13)15(17)19;1-12-7-13(2)9-16(8-12)17-10-14-5-3-4-6-15(14)11-18-17;/h13-16,19-20H,5-12H2,1-4H3;3-8,10-11H,1-2H3;/q;-1;. The van der Waals surface area contributed by atoms with Crippen LogP contribution >= 0.6 is 0 Å². The molecule has 1 radical (unpaired) electrons. The van der Waals surface area contributed by atoms with Crippen molar-refractivity contribution >= 4 is 10.8 Å². The van der Waals surface area contributed by atoms with Gasteiger partial charge in [-0.2, -0.15) is 0 Å². The summed E-state index contributed by atoms with van der Waals surface area (Å²) in [7, 11) is 0. The zero-order valence-electron chi connectivity index (χ0n) is 24.8. The fourth-order valence-electron chi connectivity index (χ4n) is 7.69. The number of aryl methyl sites for hydroxylation is 2. The zero-order chi connectivity index (χ0) is 27.5. The van der Waals surface area contributed by atoms with E-state index in [-0.39, 0.29) is 49.1 Å². The van der Waals surface area contributed by atoms with E-state index in [1.165, 1.54) is 29.2 Å². The molecule has 0 spiro atoms. The van der Waals surface area contributed by atoms with Gasteiger partial charge in [0.1, 0.15) is 0 Å². The van der Waals surface area contributed by atoms with Crippen LogP contribution in [0.25, 0.3) is 22.0 Å². The second-order valence-corrected chi connectivity index (χ2v) is 12.1. The normalized spacial score (nSPS) is 25.1. The van der Waals surface area contributed by atoms with Crippen molar-refractivity contribution in [2.24, 2.45) is 22.7 Å². The molecule has 39 heavy (non-hydrogen) atoms. The molecule has 1 aromatic heterocycles. The van der Waals surface area contributed by atoms with Crippen LogP contribution < -0.4 is 0 Å². The Kier molecular flexibility index (Phi) is 11.0. The Morgan fingerprint density at radius 2 is 1.49 bits per heavy atom. The number of pyridine rings is 1. The monoisotopic (exact) mass is 707 g/mol. The van der Waals surface area contributed by atoms with Gasteiger partial charge in [-0.15, -0.1) is 34.9 Å². The van der Waals surface area contributed by atoms with Crippen LogP contribution in [0.1, 0.15) is 90.2 Å². The van der Waals surface area contributed by atoms with Crippen LogP contribution in [0.2, 0.25) is 0 Å². The Labute approximate surface area is 250 Å². The first kappa shape index (κ1) is 31.9. The number of nitrogens with zero attached hydrogens (tertiary/aromatic N) is 1. The molecule has 4 unspecified atom stereocenters. The molecule has 5 rings (SSSR count). The fraction of sp³-hybridized carbons (Fsp3) is 0.571. The van der Waals surface area contributed by atoms with Gasteiger partial charge in [-0.1, -0.05) is 78.3 Å². The largest absolute Gasteiger partial charge is 0.392 e. The Morgan fingerprint density at radius 3 is 2.10 bits per heavy atom. The van der Waals surface area contributed by atoms with Crippen LogP contribution in [0.15, 0.2) is 48.7 Å². The summed E-state index contributed by atoms with van der Waals surface area (Å²) in [4.78, 5) is 4.53. The quantitative estimate of drug-likeness (QED) is 0.262. The minimum atomic E-state index is -0.319. The summed E-state index contributed by atoms with van der Waals surface area (Å²) in [5.74, 6) is 0.636. The second kappa shape index (κ2) is 13.4. The molecule has 215 valence electrons. The third-order valence-electron chi connectivity index (χ3n) is 10.3. The summed E-state index contributed by atoms with van der Waals surface area (Å²) >= 11 is 0. The van der Waals surface area contributed by atoms with Gasteiger partial charge in [-0.25, -0.2) is 0 Å². The third kappa shape index (κ3) is 6.35. The van der Waals surface area contributed by atoms with Crippen molar-refractivity contribution in [3.8, 4) is 11.3 Å². The van der Waals surface area contributed by atoms with E-state index in [0.717, 1.165) is 55.3 Å². The van der Waals surface area contributed by atoms with Crippen molar-refractivity contribution in [1.29, 1.82) is 0 Å². The number of aliphatic hydroxyl groups is 2. The Balaban J connectivity index is 0.000000211. The molecule has 1 heterocycles. The van der Waals surface area contributed by atoms with Crippen LogP contribution in [0.5, 0.6) is 0 Å². The Morgan fingerprint density at radius 1 is 0.872 bits per heavy atom. The molecule has 0 aliphatic heterocycles. The van der Waals surface area contributed by atoms with Gasteiger partial charge in [0, 0.05) is 32.2 Å². The number of aliphatic hydroxyl groups excluding tert-OH is 2. The molecule has 2 saturated carbocycles. The number of aromatic nitrogens is 1. The first-order valence-electron chi connectivity index (χ1n) is 14.9. The average Bonchev–Trinajstić information content (AvgIpc) is 3.13. The predicted octanol–water partition coefficient (Wildman–Crippen LogP) is 8.46. The van der Waals surface area contributed by atoms with Crippen LogP contribution in [0.3, 0.4) is 0 Å². The van der Waals surface area contributed by atoms with Crippen molar-refractivity contribution in [3.05, 3.63) is 65.9 Å². The number of hydrogen-bond acceptors (Lipinski definition) is 3. The summed E-state index contributed by atoms with van der Waals surface area (Å²) < 4.78 is 0. The predicted molar refractivity (Wildman–Crippen MR) is 159 cm³/mol. The molecule has 2 aromatic carbocycles. The average molecular weight is 707 g/mol. The number of benzene rings is 2. The van der Waals surface area contributed by atoms with Gasteiger partial charge in [0.15, 0.2) is 0 Å². The van der Waals surface area contributed by atoms with Crippen molar-refractivity contribution in [2.75, 3.05) is 0 Å². The molecular weight excluding hydrogens is 659 g/mol. The number of hydrogen-bond donors (Lipinski definition) is 2. The van der Waals surface area contributed by atoms with Gasteiger partial charge in [-0.3, -0.25) is 0 Å². The van der Waals surface area contributed by atoms with Crippen LogP contribution in [-0.2, 0) is 20.1 Å². The molecule has 3 aromatic rings. The van der Waals surface area contributed by atoms with Crippen molar-refractivity contribution in [1.82, 2.24) is 4.98 Å². The minimum absolute atomic E-state index is 0. The maximum Gasteiger partial charge on any atom is 0.0651 e. The fourth-order valence-corrected chi connectivity index (χ4v) is 7.69. The van der Waals surface area contributed by atoms with Crippen LogP contribution in [0, 0.1) is 42.6 Å². The first-order chi connectivity index (χ1) is 18.2. The molecule has 2 fully saturated rings. The second-order valence-electron chi connectivity index (χ2n) is 12.1. The van der Waals surface area contributed by atoms with Gasteiger partial charge in [-0.05, 0) is 78.2 Å². The van der Waals surface area contributed by atoms with Gasteiger partial charge in [0.05, 0.1) is 12.2 Å². The van der Waals surface area contributed by atoms with E-state index in [1.807, 2.05) is 12.3 Å². The molecule has 2 N–H and O–H groups in total. The molecule has 0 bridgehead atoms. The van der Waals surface area contributed by atoms with Crippen molar-refractivity contribution in [2.45, 2.75) is 105 Å². The molecule has 0 saturated heterocycles.